The zero-order valence-corrected chi connectivity index (χ0v) is 9.16. The van der Waals surface area contributed by atoms with Crippen LogP contribution in [0, 0.1) is 0 Å². The summed E-state index contributed by atoms with van der Waals surface area (Å²) in [5.74, 6) is 0.515. The second-order valence-corrected chi connectivity index (χ2v) is 3.46. The van der Waals surface area contributed by atoms with Gasteiger partial charge in [0.2, 0.25) is 5.89 Å². The summed E-state index contributed by atoms with van der Waals surface area (Å²) >= 11 is 0. The third-order valence-electron chi connectivity index (χ3n) is 1.85. The van der Waals surface area contributed by atoms with E-state index in [9.17, 15) is 13.2 Å². The molecule has 0 aliphatic heterocycles. The van der Waals surface area contributed by atoms with Crippen LogP contribution in [0.3, 0.4) is 0 Å². The van der Waals surface area contributed by atoms with E-state index < -0.39 is 12.8 Å². The van der Waals surface area contributed by atoms with Crippen LogP contribution in [-0.4, -0.2) is 29.5 Å². The van der Waals surface area contributed by atoms with Gasteiger partial charge in [-0.05, 0) is 19.4 Å². The molecule has 0 aliphatic rings. The lowest BCUT2D eigenvalue weighted by Crippen LogP contribution is -2.16. The minimum absolute atomic E-state index is 0.122. The highest BCUT2D eigenvalue weighted by molar-refractivity contribution is 4.84. The van der Waals surface area contributed by atoms with Crippen molar-refractivity contribution in [1.29, 1.82) is 0 Å². The summed E-state index contributed by atoms with van der Waals surface area (Å²) in [5.41, 5.74) is 5.31. The molecule has 8 heteroatoms. The summed E-state index contributed by atoms with van der Waals surface area (Å²) in [5, 5.41) is 3.50. The van der Waals surface area contributed by atoms with Crippen LogP contribution in [0.25, 0.3) is 0 Å². The minimum atomic E-state index is -4.34. The number of nitrogens with zero attached hydrogens (tertiary/aromatic N) is 2. The van der Waals surface area contributed by atoms with E-state index in [1.54, 1.807) is 0 Å². The topological polar surface area (TPSA) is 74.2 Å². The largest absolute Gasteiger partial charge is 0.411 e. The number of alkyl halides is 3. The van der Waals surface area contributed by atoms with Crippen LogP contribution in [-0.2, 0) is 17.8 Å². The third kappa shape index (κ3) is 6.22. The maximum absolute atomic E-state index is 11.8. The molecular weight excluding hydrogens is 239 g/mol. The normalized spacial score (nSPS) is 12.0. The Morgan fingerprint density at radius 1 is 1.29 bits per heavy atom. The van der Waals surface area contributed by atoms with Gasteiger partial charge in [-0.3, -0.25) is 0 Å². The number of hydrogen-bond donors (Lipinski definition) is 1. The highest BCUT2D eigenvalue weighted by atomic mass is 19.4. The van der Waals surface area contributed by atoms with Crippen LogP contribution in [0.4, 0.5) is 13.2 Å². The van der Waals surface area contributed by atoms with Crippen molar-refractivity contribution in [3.05, 3.63) is 11.7 Å². The van der Waals surface area contributed by atoms with Crippen LogP contribution in [0.1, 0.15) is 24.6 Å². The molecule has 0 amide bonds. The molecule has 0 aromatic carbocycles. The average Bonchev–Trinajstić information content (AvgIpc) is 2.64. The molecule has 17 heavy (non-hydrogen) atoms. The summed E-state index contributed by atoms with van der Waals surface area (Å²) < 4.78 is 44.5. The van der Waals surface area contributed by atoms with Gasteiger partial charge in [-0.1, -0.05) is 5.16 Å². The smallest absolute Gasteiger partial charge is 0.364 e. The van der Waals surface area contributed by atoms with Crippen LogP contribution >= 0.6 is 0 Å². The van der Waals surface area contributed by atoms with Gasteiger partial charge in [0.15, 0.2) is 5.82 Å². The minimum Gasteiger partial charge on any atom is -0.364 e. The Balaban J connectivity index is 2.26. The summed E-state index contributed by atoms with van der Waals surface area (Å²) in [6.07, 6.45) is -2.12. The lowest BCUT2D eigenvalue weighted by atomic mass is 10.2. The molecule has 0 atom stereocenters. The molecule has 0 saturated heterocycles. The van der Waals surface area contributed by atoms with E-state index in [4.69, 9.17) is 10.3 Å². The molecule has 0 bridgehead atoms. The molecule has 0 spiro atoms. The van der Waals surface area contributed by atoms with Gasteiger partial charge >= 0.3 is 6.18 Å². The molecule has 98 valence electrons. The van der Waals surface area contributed by atoms with E-state index in [0.29, 0.717) is 18.9 Å². The van der Waals surface area contributed by atoms with Gasteiger partial charge in [-0.15, -0.1) is 0 Å². The van der Waals surface area contributed by atoms with Crippen molar-refractivity contribution < 1.29 is 22.4 Å². The van der Waals surface area contributed by atoms with E-state index >= 15 is 0 Å². The summed E-state index contributed by atoms with van der Waals surface area (Å²) in [4.78, 5) is 3.89. The number of ether oxygens (including phenoxy) is 1. The first kappa shape index (κ1) is 13.9. The summed E-state index contributed by atoms with van der Waals surface area (Å²) in [6, 6.07) is 0. The average molecular weight is 253 g/mol. The van der Waals surface area contributed by atoms with Crippen LogP contribution < -0.4 is 5.73 Å². The van der Waals surface area contributed by atoms with E-state index in [-0.39, 0.29) is 12.4 Å². The number of unbranched alkanes of at least 4 members (excludes halogenated alkanes) is 1. The first-order valence-corrected chi connectivity index (χ1v) is 5.17. The Morgan fingerprint density at radius 2 is 2.06 bits per heavy atom. The standard InChI is InChI=1S/C9H14F3N3O2/c10-9(11,12)6-16-5-7-14-8(17-15-7)3-1-2-4-13/h1-6,13H2. The number of rotatable bonds is 7. The van der Waals surface area contributed by atoms with Crippen molar-refractivity contribution in [3.8, 4) is 0 Å². The zero-order valence-electron chi connectivity index (χ0n) is 9.16. The van der Waals surface area contributed by atoms with E-state index in [1.165, 1.54) is 0 Å². The SMILES string of the molecule is NCCCCc1nc(COCC(F)(F)F)no1. The fraction of sp³-hybridized carbons (Fsp3) is 0.778. The van der Waals surface area contributed by atoms with Gasteiger partial charge < -0.3 is 15.0 Å². The molecule has 0 aliphatic carbocycles. The first-order chi connectivity index (χ1) is 8.01. The zero-order chi connectivity index (χ0) is 12.7. The maximum atomic E-state index is 11.8. The van der Waals surface area contributed by atoms with Crippen LogP contribution in [0.15, 0.2) is 4.52 Å². The Morgan fingerprint density at radius 3 is 2.71 bits per heavy atom. The van der Waals surface area contributed by atoms with Crippen molar-refractivity contribution in [3.63, 3.8) is 0 Å². The lowest BCUT2D eigenvalue weighted by molar-refractivity contribution is -0.177. The third-order valence-corrected chi connectivity index (χ3v) is 1.85. The Kier molecular flexibility index (Phi) is 5.36. The van der Waals surface area contributed by atoms with Gasteiger partial charge in [0.05, 0.1) is 0 Å². The molecule has 5 nitrogen and oxygen atoms in total. The van der Waals surface area contributed by atoms with Crippen molar-refractivity contribution in [1.82, 2.24) is 10.1 Å². The fourth-order valence-electron chi connectivity index (χ4n) is 1.13. The summed E-state index contributed by atoms with van der Waals surface area (Å²) in [7, 11) is 0. The number of nitrogens with two attached hydrogens (primary N) is 1. The molecule has 0 fully saturated rings. The molecule has 1 heterocycles. The molecule has 1 rings (SSSR count). The number of aryl methyl sites for hydroxylation is 1. The molecule has 0 saturated carbocycles. The van der Waals surface area contributed by atoms with E-state index in [1.807, 2.05) is 0 Å². The second-order valence-electron chi connectivity index (χ2n) is 3.46. The fourth-order valence-corrected chi connectivity index (χ4v) is 1.13. The van der Waals surface area contributed by atoms with Crippen LogP contribution in [0.5, 0.6) is 0 Å². The van der Waals surface area contributed by atoms with Gasteiger partial charge in [0.25, 0.3) is 0 Å². The quantitative estimate of drug-likeness (QED) is 0.744. The van der Waals surface area contributed by atoms with E-state index in [0.717, 1.165) is 12.8 Å². The van der Waals surface area contributed by atoms with Crippen molar-refractivity contribution in [2.24, 2.45) is 5.73 Å². The maximum Gasteiger partial charge on any atom is 0.411 e. The number of halogens is 3. The van der Waals surface area contributed by atoms with Crippen molar-refractivity contribution >= 4 is 0 Å². The predicted molar refractivity (Wildman–Crippen MR) is 52.0 cm³/mol. The highest BCUT2D eigenvalue weighted by Crippen LogP contribution is 2.15. The Hall–Kier alpha value is -1.15. The number of hydrogen-bond acceptors (Lipinski definition) is 5. The Labute approximate surface area is 96.1 Å². The van der Waals surface area contributed by atoms with Crippen molar-refractivity contribution in [2.45, 2.75) is 32.0 Å². The molecule has 1 aromatic rings. The summed E-state index contributed by atoms with van der Waals surface area (Å²) in [6.45, 7) is -1.04. The van der Waals surface area contributed by atoms with Gasteiger partial charge in [0.1, 0.15) is 13.2 Å². The second kappa shape index (κ2) is 6.55. The van der Waals surface area contributed by atoms with Crippen molar-refractivity contribution in [2.75, 3.05) is 13.2 Å². The monoisotopic (exact) mass is 253 g/mol. The highest BCUT2D eigenvalue weighted by Gasteiger charge is 2.27. The lowest BCUT2D eigenvalue weighted by Gasteiger charge is -2.04. The Bertz CT molecular complexity index is 328. The van der Waals surface area contributed by atoms with Gasteiger partial charge in [-0.25, -0.2) is 0 Å². The number of aromatic nitrogens is 2. The molecule has 2 N–H and O–H groups in total. The predicted octanol–water partition coefficient (Wildman–Crippen LogP) is 1.43. The van der Waals surface area contributed by atoms with E-state index in [2.05, 4.69) is 14.9 Å². The van der Waals surface area contributed by atoms with Gasteiger partial charge in [-0.2, -0.15) is 18.2 Å². The van der Waals surface area contributed by atoms with Gasteiger partial charge in [0, 0.05) is 6.42 Å². The van der Waals surface area contributed by atoms with Crippen LogP contribution in [0.2, 0.25) is 0 Å². The molecular formula is C9H14F3N3O2. The molecule has 0 unspecified atom stereocenters. The molecule has 0 radical (unpaired) electrons. The molecule has 1 aromatic heterocycles. The first-order valence-electron chi connectivity index (χ1n) is 5.17.